The Kier molecular flexibility index (Phi) is 4.32. The molecule has 0 amide bonds. The fraction of sp³-hybridized carbons (Fsp3) is 0.308. The molecule has 1 heterocycles. The maximum Gasteiger partial charge on any atom is 0.124 e. The van der Waals surface area contributed by atoms with E-state index >= 15 is 0 Å². The van der Waals surface area contributed by atoms with Gasteiger partial charge < -0.3 is 5.73 Å². The van der Waals surface area contributed by atoms with E-state index in [1.54, 1.807) is 17.4 Å². The number of aryl methyl sites for hydroxylation is 1. The van der Waals surface area contributed by atoms with Crippen LogP contribution in [0.1, 0.15) is 28.1 Å². The molecular formula is C13H14ClFN2S. The van der Waals surface area contributed by atoms with Gasteiger partial charge in [-0.2, -0.15) is 0 Å². The molecule has 0 saturated carbocycles. The second-order valence-corrected chi connectivity index (χ2v) is 5.52. The van der Waals surface area contributed by atoms with Crippen molar-refractivity contribution in [1.82, 2.24) is 4.98 Å². The largest absolute Gasteiger partial charge is 0.326 e. The van der Waals surface area contributed by atoms with Crippen LogP contribution in [0.3, 0.4) is 0 Å². The summed E-state index contributed by atoms with van der Waals surface area (Å²) in [7, 11) is 0. The summed E-state index contributed by atoms with van der Waals surface area (Å²) in [4.78, 5) is 5.66. The summed E-state index contributed by atoms with van der Waals surface area (Å²) < 4.78 is 12.9. The Morgan fingerprint density at radius 1 is 1.44 bits per heavy atom. The molecule has 0 atom stereocenters. The van der Waals surface area contributed by atoms with Gasteiger partial charge in [-0.3, -0.25) is 0 Å². The first kappa shape index (κ1) is 13.5. The van der Waals surface area contributed by atoms with Crippen molar-refractivity contribution in [2.75, 3.05) is 0 Å². The molecule has 0 unspecified atom stereocenters. The highest BCUT2D eigenvalue weighted by atomic mass is 35.5. The second kappa shape index (κ2) is 5.78. The lowest BCUT2D eigenvalue weighted by molar-refractivity contribution is 0.627. The lowest BCUT2D eigenvalue weighted by Gasteiger charge is -2.01. The van der Waals surface area contributed by atoms with E-state index in [9.17, 15) is 4.39 Å². The van der Waals surface area contributed by atoms with Crippen LogP contribution < -0.4 is 5.73 Å². The van der Waals surface area contributed by atoms with Crippen molar-refractivity contribution in [3.8, 4) is 0 Å². The van der Waals surface area contributed by atoms with Gasteiger partial charge in [0.2, 0.25) is 0 Å². The van der Waals surface area contributed by atoms with Crippen LogP contribution in [-0.2, 0) is 19.4 Å². The van der Waals surface area contributed by atoms with Crippen LogP contribution in [0.15, 0.2) is 18.2 Å². The molecule has 0 fully saturated rings. The molecule has 0 aliphatic carbocycles. The fourth-order valence-electron chi connectivity index (χ4n) is 1.78. The molecule has 0 radical (unpaired) electrons. The van der Waals surface area contributed by atoms with E-state index in [-0.39, 0.29) is 5.82 Å². The van der Waals surface area contributed by atoms with Crippen molar-refractivity contribution < 1.29 is 4.39 Å². The zero-order valence-corrected chi connectivity index (χ0v) is 11.6. The molecule has 2 nitrogen and oxygen atoms in total. The smallest absolute Gasteiger partial charge is 0.124 e. The van der Waals surface area contributed by atoms with Crippen LogP contribution in [0.2, 0.25) is 5.02 Å². The number of hydrogen-bond donors (Lipinski definition) is 1. The Balaban J connectivity index is 2.25. The molecule has 96 valence electrons. The number of nitrogens with two attached hydrogens (primary N) is 1. The Hall–Kier alpha value is -0.970. The summed E-state index contributed by atoms with van der Waals surface area (Å²) >= 11 is 7.61. The van der Waals surface area contributed by atoms with Crippen LogP contribution in [0.25, 0.3) is 0 Å². The predicted octanol–water partition coefficient (Wildman–Crippen LogP) is 3.55. The van der Waals surface area contributed by atoms with E-state index in [1.165, 1.54) is 12.1 Å². The summed E-state index contributed by atoms with van der Waals surface area (Å²) in [5.41, 5.74) is 7.62. The number of nitrogens with zero attached hydrogens (tertiary/aromatic N) is 1. The number of hydrogen-bond acceptors (Lipinski definition) is 3. The van der Waals surface area contributed by atoms with Crippen molar-refractivity contribution in [2.24, 2.45) is 5.73 Å². The summed E-state index contributed by atoms with van der Waals surface area (Å²) in [5.74, 6) is -0.320. The molecule has 0 spiro atoms. The number of aromatic nitrogens is 1. The molecule has 0 aliphatic heterocycles. The van der Waals surface area contributed by atoms with Gasteiger partial charge in [0.1, 0.15) is 5.82 Å². The van der Waals surface area contributed by atoms with Gasteiger partial charge in [-0.15, -0.1) is 11.3 Å². The second-order valence-electron chi connectivity index (χ2n) is 3.95. The Morgan fingerprint density at radius 3 is 2.78 bits per heavy atom. The highest BCUT2D eigenvalue weighted by Crippen LogP contribution is 2.25. The van der Waals surface area contributed by atoms with Crippen LogP contribution in [0.5, 0.6) is 0 Å². The van der Waals surface area contributed by atoms with Crippen molar-refractivity contribution in [2.45, 2.75) is 26.3 Å². The lowest BCUT2D eigenvalue weighted by atomic mass is 10.1. The normalized spacial score (nSPS) is 10.9. The molecule has 0 bridgehead atoms. The van der Waals surface area contributed by atoms with Gasteiger partial charge in [-0.25, -0.2) is 9.37 Å². The van der Waals surface area contributed by atoms with Crippen molar-refractivity contribution in [3.05, 3.63) is 50.2 Å². The SMILES string of the molecule is CCc1nc(Cc2ccc(F)cc2Cl)sc1CN. The van der Waals surface area contributed by atoms with Crippen LogP contribution >= 0.6 is 22.9 Å². The van der Waals surface area contributed by atoms with Gasteiger partial charge in [-0.1, -0.05) is 24.6 Å². The van der Waals surface area contributed by atoms with Crippen LogP contribution in [0.4, 0.5) is 4.39 Å². The third-order valence-corrected chi connectivity index (χ3v) is 4.17. The van der Waals surface area contributed by atoms with Gasteiger partial charge in [0.05, 0.1) is 10.7 Å². The predicted molar refractivity (Wildman–Crippen MR) is 73.6 cm³/mol. The standard InChI is InChI=1S/C13H14ClFN2S/c1-2-11-12(7-16)18-13(17-11)5-8-3-4-9(15)6-10(8)14/h3-4,6H,2,5,7,16H2,1H3. The van der Waals surface area contributed by atoms with Gasteiger partial charge in [0, 0.05) is 22.9 Å². The van der Waals surface area contributed by atoms with Crippen molar-refractivity contribution in [1.29, 1.82) is 0 Å². The quantitative estimate of drug-likeness (QED) is 0.932. The molecule has 0 aliphatic rings. The zero-order chi connectivity index (χ0) is 13.1. The van der Waals surface area contributed by atoms with Gasteiger partial charge in [0.25, 0.3) is 0 Å². The molecule has 18 heavy (non-hydrogen) atoms. The third-order valence-electron chi connectivity index (χ3n) is 2.70. The average molecular weight is 285 g/mol. The van der Waals surface area contributed by atoms with Crippen molar-refractivity contribution in [3.63, 3.8) is 0 Å². The fourth-order valence-corrected chi connectivity index (χ4v) is 3.07. The number of rotatable bonds is 4. The van der Waals surface area contributed by atoms with Gasteiger partial charge in [-0.05, 0) is 24.1 Å². The summed E-state index contributed by atoms with van der Waals surface area (Å²) in [5, 5.41) is 1.42. The molecule has 2 N–H and O–H groups in total. The van der Waals surface area contributed by atoms with E-state index in [1.807, 2.05) is 0 Å². The zero-order valence-electron chi connectivity index (χ0n) is 10.0. The van der Waals surface area contributed by atoms with Gasteiger partial charge >= 0.3 is 0 Å². The summed E-state index contributed by atoms with van der Waals surface area (Å²) in [6.45, 7) is 2.57. The maximum absolute atomic E-state index is 12.9. The molecule has 0 saturated heterocycles. The minimum absolute atomic E-state index is 0.320. The molecule has 2 rings (SSSR count). The topological polar surface area (TPSA) is 38.9 Å². The first-order chi connectivity index (χ1) is 8.63. The van der Waals surface area contributed by atoms with E-state index in [0.717, 1.165) is 27.6 Å². The van der Waals surface area contributed by atoms with E-state index < -0.39 is 0 Å². The van der Waals surface area contributed by atoms with Gasteiger partial charge in [0.15, 0.2) is 0 Å². The minimum Gasteiger partial charge on any atom is -0.326 e. The van der Waals surface area contributed by atoms with Crippen molar-refractivity contribution >= 4 is 22.9 Å². The maximum atomic E-state index is 12.9. The highest BCUT2D eigenvalue weighted by molar-refractivity contribution is 7.11. The number of thiazole rings is 1. The minimum atomic E-state index is -0.320. The number of halogens is 2. The number of benzene rings is 1. The molecule has 1 aromatic heterocycles. The highest BCUT2D eigenvalue weighted by Gasteiger charge is 2.10. The van der Waals surface area contributed by atoms with Crippen LogP contribution in [0, 0.1) is 5.82 Å². The molecule has 1 aromatic carbocycles. The van der Waals surface area contributed by atoms with E-state index in [0.29, 0.717) is 18.0 Å². The van der Waals surface area contributed by atoms with E-state index in [2.05, 4.69) is 11.9 Å². The summed E-state index contributed by atoms with van der Waals surface area (Å²) in [6, 6.07) is 4.45. The Morgan fingerprint density at radius 2 is 2.22 bits per heavy atom. The molecule has 2 aromatic rings. The molecule has 5 heteroatoms. The summed E-state index contributed by atoms with van der Waals surface area (Å²) in [6.07, 6.45) is 1.50. The Bertz CT molecular complexity index is 532. The Labute approximate surface area is 115 Å². The average Bonchev–Trinajstić information content (AvgIpc) is 2.75. The van der Waals surface area contributed by atoms with E-state index in [4.69, 9.17) is 17.3 Å². The first-order valence-corrected chi connectivity index (χ1v) is 6.95. The van der Waals surface area contributed by atoms with Crippen LogP contribution in [-0.4, -0.2) is 4.98 Å². The lowest BCUT2D eigenvalue weighted by Crippen LogP contribution is -1.97. The third kappa shape index (κ3) is 2.88. The molecular weight excluding hydrogens is 271 g/mol. The monoisotopic (exact) mass is 284 g/mol. The first-order valence-electron chi connectivity index (χ1n) is 5.75.